The van der Waals surface area contributed by atoms with E-state index >= 15 is 0 Å². The first-order valence-electron chi connectivity index (χ1n) is 8.26. The fourth-order valence-corrected chi connectivity index (χ4v) is 2.75. The molecule has 2 aromatic rings. The van der Waals surface area contributed by atoms with Crippen LogP contribution in [0, 0.1) is 5.92 Å². The van der Waals surface area contributed by atoms with E-state index in [1.54, 1.807) is 0 Å². The molecule has 0 saturated heterocycles. The summed E-state index contributed by atoms with van der Waals surface area (Å²) in [7, 11) is 0. The monoisotopic (exact) mass is 389 g/mol. The summed E-state index contributed by atoms with van der Waals surface area (Å²) in [5.74, 6) is 0.868. The number of carbonyl (C=O) groups excluding carboxylic acids is 1. The van der Waals surface area contributed by atoms with Crippen LogP contribution in [-0.4, -0.2) is 12.5 Å². The molecule has 3 nitrogen and oxygen atoms in total. The van der Waals surface area contributed by atoms with Gasteiger partial charge in [0.1, 0.15) is 5.75 Å². The molecular weight excluding hydrogens is 366 g/mol. The van der Waals surface area contributed by atoms with Crippen LogP contribution < -0.4 is 10.1 Å². The maximum Gasteiger partial charge on any atom is 0.258 e. The zero-order valence-electron chi connectivity index (χ0n) is 14.4. The zero-order valence-corrected chi connectivity index (χ0v) is 16.0. The SMILES string of the molecule is CCc1ccc([C@H](NC(=O)COc2ccc(Br)cc2)C(C)C)cc1. The van der Waals surface area contributed by atoms with Crippen LogP contribution >= 0.6 is 15.9 Å². The third-order valence-electron chi connectivity index (χ3n) is 3.91. The fraction of sp³-hybridized carbons (Fsp3) is 0.350. The Morgan fingerprint density at radius 2 is 1.71 bits per heavy atom. The van der Waals surface area contributed by atoms with Crippen LogP contribution in [0.4, 0.5) is 0 Å². The highest BCUT2D eigenvalue weighted by atomic mass is 79.9. The summed E-state index contributed by atoms with van der Waals surface area (Å²) in [4.78, 5) is 12.2. The van der Waals surface area contributed by atoms with Gasteiger partial charge in [0.05, 0.1) is 6.04 Å². The average molecular weight is 390 g/mol. The molecule has 0 aliphatic carbocycles. The van der Waals surface area contributed by atoms with Crippen molar-refractivity contribution in [3.05, 3.63) is 64.1 Å². The lowest BCUT2D eigenvalue weighted by Gasteiger charge is -2.23. The number of benzene rings is 2. The van der Waals surface area contributed by atoms with E-state index in [1.165, 1.54) is 5.56 Å². The van der Waals surface area contributed by atoms with Gasteiger partial charge in [0.2, 0.25) is 0 Å². The molecule has 2 rings (SSSR count). The maximum atomic E-state index is 12.2. The lowest BCUT2D eigenvalue weighted by Crippen LogP contribution is -2.35. The van der Waals surface area contributed by atoms with E-state index < -0.39 is 0 Å². The molecule has 24 heavy (non-hydrogen) atoms. The third-order valence-corrected chi connectivity index (χ3v) is 4.44. The molecule has 0 radical (unpaired) electrons. The number of hydrogen-bond acceptors (Lipinski definition) is 2. The summed E-state index contributed by atoms with van der Waals surface area (Å²) in [5.41, 5.74) is 2.42. The van der Waals surface area contributed by atoms with Crippen molar-refractivity contribution >= 4 is 21.8 Å². The summed E-state index contributed by atoms with van der Waals surface area (Å²) in [6.07, 6.45) is 1.01. The molecule has 0 bridgehead atoms. The first kappa shape index (κ1) is 18.5. The predicted octanol–water partition coefficient (Wildman–Crippen LogP) is 4.90. The number of amides is 1. The van der Waals surface area contributed by atoms with Crippen molar-refractivity contribution in [2.75, 3.05) is 6.61 Å². The second-order valence-electron chi connectivity index (χ2n) is 6.13. The van der Waals surface area contributed by atoms with Gasteiger partial charge in [-0.15, -0.1) is 0 Å². The van der Waals surface area contributed by atoms with Crippen LogP contribution in [0.25, 0.3) is 0 Å². The van der Waals surface area contributed by atoms with E-state index in [4.69, 9.17) is 4.74 Å². The highest BCUT2D eigenvalue weighted by Crippen LogP contribution is 2.22. The smallest absolute Gasteiger partial charge is 0.258 e. The van der Waals surface area contributed by atoms with Crippen LogP contribution in [0.5, 0.6) is 5.75 Å². The Hall–Kier alpha value is -1.81. The molecule has 128 valence electrons. The summed E-state index contributed by atoms with van der Waals surface area (Å²) < 4.78 is 6.52. The standard InChI is InChI=1S/C20H24BrNO2/c1-4-15-5-7-16(8-6-15)20(14(2)3)22-19(23)13-24-18-11-9-17(21)10-12-18/h5-12,14,20H,4,13H2,1-3H3,(H,22,23)/t20-/m1/s1. The largest absolute Gasteiger partial charge is 0.484 e. The minimum atomic E-state index is -0.115. The first-order chi connectivity index (χ1) is 11.5. The highest BCUT2D eigenvalue weighted by Gasteiger charge is 2.18. The summed E-state index contributed by atoms with van der Waals surface area (Å²) in [5, 5.41) is 3.08. The van der Waals surface area contributed by atoms with E-state index in [2.05, 4.69) is 66.3 Å². The molecule has 1 N–H and O–H groups in total. The number of carbonyl (C=O) groups is 1. The zero-order chi connectivity index (χ0) is 17.5. The van der Waals surface area contributed by atoms with Crippen molar-refractivity contribution in [3.8, 4) is 5.75 Å². The number of rotatable bonds is 7. The Morgan fingerprint density at radius 1 is 1.08 bits per heavy atom. The number of halogens is 1. The lowest BCUT2D eigenvalue weighted by atomic mass is 9.95. The predicted molar refractivity (Wildman–Crippen MR) is 101 cm³/mol. The lowest BCUT2D eigenvalue weighted by molar-refractivity contribution is -0.124. The molecule has 0 fully saturated rings. The van der Waals surface area contributed by atoms with E-state index in [0.717, 1.165) is 16.5 Å². The fourth-order valence-electron chi connectivity index (χ4n) is 2.49. The van der Waals surface area contributed by atoms with Gasteiger partial charge in [0.25, 0.3) is 5.91 Å². The topological polar surface area (TPSA) is 38.3 Å². The number of hydrogen-bond donors (Lipinski definition) is 1. The van der Waals surface area contributed by atoms with Crippen molar-refractivity contribution in [1.82, 2.24) is 5.32 Å². The molecule has 0 spiro atoms. The molecule has 1 atom stereocenters. The molecule has 1 amide bonds. The van der Waals surface area contributed by atoms with Gasteiger partial charge in [-0.1, -0.05) is 61.0 Å². The Balaban J connectivity index is 1.96. The van der Waals surface area contributed by atoms with Gasteiger partial charge >= 0.3 is 0 Å². The van der Waals surface area contributed by atoms with Crippen molar-refractivity contribution < 1.29 is 9.53 Å². The summed E-state index contributed by atoms with van der Waals surface area (Å²) >= 11 is 3.38. The molecular formula is C20H24BrNO2. The molecule has 0 unspecified atom stereocenters. The average Bonchev–Trinajstić information content (AvgIpc) is 2.59. The van der Waals surface area contributed by atoms with Gasteiger partial charge in [-0.3, -0.25) is 4.79 Å². The Kier molecular flexibility index (Phi) is 6.85. The summed E-state index contributed by atoms with van der Waals surface area (Å²) in [6.45, 7) is 6.36. The Bertz CT molecular complexity index is 650. The molecule has 0 aromatic heterocycles. The van der Waals surface area contributed by atoms with Gasteiger partial charge in [0.15, 0.2) is 6.61 Å². The van der Waals surface area contributed by atoms with Gasteiger partial charge in [-0.2, -0.15) is 0 Å². The van der Waals surface area contributed by atoms with E-state index in [-0.39, 0.29) is 18.6 Å². The van der Waals surface area contributed by atoms with Gasteiger partial charge in [-0.25, -0.2) is 0 Å². The van der Waals surface area contributed by atoms with Crippen LogP contribution in [-0.2, 0) is 11.2 Å². The van der Waals surface area contributed by atoms with Gasteiger partial charge in [0, 0.05) is 4.47 Å². The van der Waals surface area contributed by atoms with Crippen LogP contribution in [0.1, 0.15) is 37.9 Å². The van der Waals surface area contributed by atoms with E-state index in [1.807, 2.05) is 24.3 Å². The van der Waals surface area contributed by atoms with Crippen LogP contribution in [0.2, 0.25) is 0 Å². The molecule has 0 aliphatic rings. The van der Waals surface area contributed by atoms with Crippen LogP contribution in [0.3, 0.4) is 0 Å². The Labute approximate surface area is 152 Å². The molecule has 0 saturated carbocycles. The van der Waals surface area contributed by atoms with Crippen molar-refractivity contribution in [2.45, 2.75) is 33.2 Å². The van der Waals surface area contributed by atoms with Gasteiger partial charge < -0.3 is 10.1 Å². The second kappa shape index (κ2) is 8.88. The maximum absolute atomic E-state index is 12.2. The number of aryl methyl sites for hydroxylation is 1. The number of ether oxygens (including phenoxy) is 1. The first-order valence-corrected chi connectivity index (χ1v) is 9.05. The molecule has 2 aromatic carbocycles. The normalized spacial score (nSPS) is 12.0. The van der Waals surface area contributed by atoms with Crippen LogP contribution in [0.15, 0.2) is 53.0 Å². The quantitative estimate of drug-likeness (QED) is 0.730. The van der Waals surface area contributed by atoms with Crippen molar-refractivity contribution in [2.24, 2.45) is 5.92 Å². The molecule has 0 aliphatic heterocycles. The van der Waals surface area contributed by atoms with E-state index in [9.17, 15) is 4.79 Å². The van der Waals surface area contributed by atoms with Crippen molar-refractivity contribution in [3.63, 3.8) is 0 Å². The Morgan fingerprint density at radius 3 is 2.25 bits per heavy atom. The molecule has 0 heterocycles. The van der Waals surface area contributed by atoms with Crippen molar-refractivity contribution in [1.29, 1.82) is 0 Å². The van der Waals surface area contributed by atoms with E-state index in [0.29, 0.717) is 11.7 Å². The molecule has 4 heteroatoms. The summed E-state index contributed by atoms with van der Waals surface area (Å²) in [6, 6.07) is 15.9. The second-order valence-corrected chi connectivity index (χ2v) is 7.04. The minimum Gasteiger partial charge on any atom is -0.484 e. The van der Waals surface area contributed by atoms with Gasteiger partial charge in [-0.05, 0) is 47.7 Å². The third kappa shape index (κ3) is 5.38. The highest BCUT2D eigenvalue weighted by molar-refractivity contribution is 9.10. The number of nitrogens with one attached hydrogen (secondary N) is 1. The minimum absolute atomic E-state index is 0.0118.